The van der Waals surface area contributed by atoms with E-state index in [1.54, 1.807) is 12.5 Å². The minimum Gasteiger partial charge on any atom is -0.357 e. The highest BCUT2D eigenvalue weighted by Gasteiger charge is 2.35. The van der Waals surface area contributed by atoms with Crippen molar-refractivity contribution in [2.45, 2.75) is 39.2 Å². The van der Waals surface area contributed by atoms with E-state index < -0.39 is 0 Å². The van der Waals surface area contributed by atoms with Crippen LogP contribution >= 0.6 is 0 Å². The second-order valence-corrected chi connectivity index (χ2v) is 7.34. The number of aromatic nitrogens is 3. The number of rotatable bonds is 4. The quantitative estimate of drug-likeness (QED) is 0.679. The fourth-order valence-electron chi connectivity index (χ4n) is 4.34. The van der Waals surface area contributed by atoms with Crippen molar-refractivity contribution in [3.63, 3.8) is 0 Å². The number of nitrogens with one attached hydrogen (secondary N) is 1. The molecule has 26 heavy (non-hydrogen) atoms. The Balaban J connectivity index is 1.52. The fraction of sp³-hybridized carbons (Fsp3) is 0.550. The molecule has 2 atom stereocenters. The number of nitrogens with zero attached hydrogens (tertiary/aromatic N) is 5. The van der Waals surface area contributed by atoms with Crippen molar-refractivity contribution < 1.29 is 0 Å². The molecule has 2 unspecified atom stereocenters. The molecule has 1 aliphatic heterocycles. The van der Waals surface area contributed by atoms with E-state index in [0.29, 0.717) is 6.54 Å². The van der Waals surface area contributed by atoms with Gasteiger partial charge in [0, 0.05) is 43.8 Å². The summed E-state index contributed by atoms with van der Waals surface area (Å²) in [6.07, 6.45) is 12.9. The minimum absolute atomic E-state index is 0.621. The van der Waals surface area contributed by atoms with E-state index in [1.165, 1.54) is 25.7 Å². The van der Waals surface area contributed by atoms with Gasteiger partial charge in [-0.3, -0.25) is 4.57 Å². The normalized spacial score (nSPS) is 23.1. The molecule has 2 aliphatic rings. The van der Waals surface area contributed by atoms with Crippen LogP contribution in [-0.4, -0.2) is 45.0 Å². The van der Waals surface area contributed by atoms with Gasteiger partial charge in [-0.1, -0.05) is 18.9 Å². The van der Waals surface area contributed by atoms with Crippen LogP contribution in [-0.2, 0) is 6.54 Å². The lowest BCUT2D eigenvalue weighted by Crippen LogP contribution is -2.40. The standard InChI is InChI=1S/C20H28N6/c1-2-22-20(26-13-17-6-3-4-7-18(17)14-26)24-12-16-8-5-9-23-19(16)25-11-10-21-15-25/h5,8-11,15,17-18H,2-4,6-7,12-14H2,1H3,(H,22,24). The van der Waals surface area contributed by atoms with Crippen molar-refractivity contribution in [2.75, 3.05) is 19.6 Å². The minimum atomic E-state index is 0.621. The third-order valence-electron chi connectivity index (χ3n) is 5.63. The van der Waals surface area contributed by atoms with E-state index in [1.807, 2.05) is 23.0 Å². The molecule has 4 rings (SSSR count). The summed E-state index contributed by atoms with van der Waals surface area (Å²) >= 11 is 0. The molecule has 2 fully saturated rings. The lowest BCUT2D eigenvalue weighted by molar-refractivity contribution is 0.299. The first-order valence-corrected chi connectivity index (χ1v) is 9.80. The first-order chi connectivity index (χ1) is 12.8. The van der Waals surface area contributed by atoms with Crippen molar-refractivity contribution in [3.05, 3.63) is 42.6 Å². The van der Waals surface area contributed by atoms with Crippen LogP contribution in [0, 0.1) is 11.8 Å². The second-order valence-electron chi connectivity index (χ2n) is 7.34. The molecule has 2 aromatic rings. The first-order valence-electron chi connectivity index (χ1n) is 9.80. The highest BCUT2D eigenvalue weighted by molar-refractivity contribution is 5.80. The van der Waals surface area contributed by atoms with Gasteiger partial charge in [-0.2, -0.15) is 0 Å². The Morgan fingerprint density at radius 2 is 2.04 bits per heavy atom. The number of hydrogen-bond acceptors (Lipinski definition) is 3. The summed E-state index contributed by atoms with van der Waals surface area (Å²) < 4.78 is 1.95. The Bertz CT molecular complexity index is 725. The molecule has 1 aliphatic carbocycles. The Morgan fingerprint density at radius 3 is 2.73 bits per heavy atom. The molecule has 1 N–H and O–H groups in total. The van der Waals surface area contributed by atoms with Crippen LogP contribution in [0.15, 0.2) is 42.0 Å². The number of guanidine groups is 1. The summed E-state index contributed by atoms with van der Waals surface area (Å²) in [6.45, 7) is 5.96. The van der Waals surface area contributed by atoms with Crippen molar-refractivity contribution in [1.29, 1.82) is 0 Å². The van der Waals surface area contributed by atoms with Crippen LogP contribution in [0.3, 0.4) is 0 Å². The Kier molecular flexibility index (Phi) is 5.18. The van der Waals surface area contributed by atoms with Crippen LogP contribution < -0.4 is 5.32 Å². The van der Waals surface area contributed by atoms with E-state index in [0.717, 1.165) is 48.8 Å². The largest absolute Gasteiger partial charge is 0.357 e. The molecule has 0 spiro atoms. The summed E-state index contributed by atoms with van der Waals surface area (Å²) in [6, 6.07) is 4.07. The van der Waals surface area contributed by atoms with Gasteiger partial charge in [-0.05, 0) is 37.7 Å². The molecule has 1 saturated carbocycles. The molecule has 0 amide bonds. The molecule has 6 nitrogen and oxygen atoms in total. The molecule has 2 aromatic heterocycles. The second kappa shape index (κ2) is 7.89. The maximum atomic E-state index is 4.95. The average Bonchev–Trinajstić information content (AvgIpc) is 3.34. The number of likely N-dealkylation sites (tertiary alicyclic amines) is 1. The molecule has 3 heterocycles. The van der Waals surface area contributed by atoms with Crippen LogP contribution in [0.4, 0.5) is 0 Å². The van der Waals surface area contributed by atoms with Gasteiger partial charge in [-0.15, -0.1) is 0 Å². The molecular weight excluding hydrogens is 324 g/mol. The lowest BCUT2D eigenvalue weighted by atomic mass is 9.82. The van der Waals surface area contributed by atoms with Gasteiger partial charge in [0.05, 0.1) is 6.54 Å². The third-order valence-corrected chi connectivity index (χ3v) is 5.63. The van der Waals surface area contributed by atoms with E-state index in [4.69, 9.17) is 4.99 Å². The summed E-state index contributed by atoms with van der Waals surface area (Å²) in [4.78, 5) is 16.1. The van der Waals surface area contributed by atoms with Crippen molar-refractivity contribution in [2.24, 2.45) is 16.8 Å². The van der Waals surface area contributed by atoms with E-state index in [2.05, 4.69) is 33.2 Å². The smallest absolute Gasteiger partial charge is 0.194 e. The van der Waals surface area contributed by atoms with Gasteiger partial charge in [-0.25, -0.2) is 15.0 Å². The zero-order valence-corrected chi connectivity index (χ0v) is 15.5. The van der Waals surface area contributed by atoms with E-state index in [-0.39, 0.29) is 0 Å². The topological polar surface area (TPSA) is 58.3 Å². The van der Waals surface area contributed by atoms with Gasteiger partial charge in [0.2, 0.25) is 0 Å². The first kappa shape index (κ1) is 17.1. The summed E-state index contributed by atoms with van der Waals surface area (Å²) in [7, 11) is 0. The maximum absolute atomic E-state index is 4.95. The summed E-state index contributed by atoms with van der Waals surface area (Å²) in [5.41, 5.74) is 1.11. The molecule has 138 valence electrons. The molecule has 6 heteroatoms. The summed E-state index contributed by atoms with van der Waals surface area (Å²) in [5.74, 6) is 3.65. The third kappa shape index (κ3) is 3.59. The molecule has 0 aromatic carbocycles. The Hall–Kier alpha value is -2.37. The van der Waals surface area contributed by atoms with Gasteiger partial charge in [0.25, 0.3) is 0 Å². The van der Waals surface area contributed by atoms with Gasteiger partial charge in [0.15, 0.2) is 5.96 Å². The monoisotopic (exact) mass is 352 g/mol. The number of aliphatic imine (C=N–C) groups is 1. The number of fused-ring (bicyclic) bond motifs is 1. The van der Waals surface area contributed by atoms with E-state index >= 15 is 0 Å². The van der Waals surface area contributed by atoms with Crippen LogP contribution in [0.1, 0.15) is 38.2 Å². The van der Waals surface area contributed by atoms with Crippen LogP contribution in [0.2, 0.25) is 0 Å². The predicted octanol–water partition coefficient (Wildman–Crippen LogP) is 2.85. The Labute approximate surface area is 155 Å². The SMILES string of the molecule is CCNC(=NCc1cccnc1-n1ccnc1)N1CC2CCCCC2C1. The fourth-order valence-corrected chi connectivity index (χ4v) is 4.34. The zero-order chi connectivity index (χ0) is 17.8. The molecule has 0 radical (unpaired) electrons. The zero-order valence-electron chi connectivity index (χ0n) is 15.5. The Morgan fingerprint density at radius 1 is 1.23 bits per heavy atom. The molecule has 1 saturated heterocycles. The van der Waals surface area contributed by atoms with Crippen LogP contribution in [0.25, 0.3) is 5.82 Å². The van der Waals surface area contributed by atoms with Crippen LogP contribution in [0.5, 0.6) is 0 Å². The van der Waals surface area contributed by atoms with Crippen molar-refractivity contribution >= 4 is 5.96 Å². The van der Waals surface area contributed by atoms with Crippen molar-refractivity contribution in [3.8, 4) is 5.82 Å². The number of imidazole rings is 1. The number of pyridine rings is 1. The molecule has 0 bridgehead atoms. The van der Waals surface area contributed by atoms with Crippen molar-refractivity contribution in [1.82, 2.24) is 24.8 Å². The van der Waals surface area contributed by atoms with E-state index in [9.17, 15) is 0 Å². The predicted molar refractivity (Wildman–Crippen MR) is 103 cm³/mol. The maximum Gasteiger partial charge on any atom is 0.194 e. The average molecular weight is 352 g/mol. The lowest BCUT2D eigenvalue weighted by Gasteiger charge is -2.22. The highest BCUT2D eigenvalue weighted by atomic mass is 15.3. The van der Waals surface area contributed by atoms with Gasteiger partial charge < -0.3 is 10.2 Å². The molecular formula is C20H28N6. The number of hydrogen-bond donors (Lipinski definition) is 1. The van der Waals surface area contributed by atoms with Gasteiger partial charge >= 0.3 is 0 Å². The summed E-state index contributed by atoms with van der Waals surface area (Å²) in [5, 5.41) is 3.50. The highest BCUT2D eigenvalue weighted by Crippen LogP contribution is 2.36. The van der Waals surface area contributed by atoms with Gasteiger partial charge in [0.1, 0.15) is 12.1 Å².